The zero-order valence-electron chi connectivity index (χ0n) is 8.15. The van der Waals surface area contributed by atoms with Crippen LogP contribution in [0.3, 0.4) is 0 Å². The molecule has 0 aliphatic carbocycles. The maximum Gasteiger partial charge on any atom is 0.168 e. The third-order valence-corrected chi connectivity index (χ3v) is 3.63. The predicted octanol–water partition coefficient (Wildman–Crippen LogP) is 1.45. The first-order valence-electron chi connectivity index (χ1n) is 4.79. The van der Waals surface area contributed by atoms with Crippen LogP contribution in [0, 0.1) is 0 Å². The molecule has 2 heterocycles. The summed E-state index contributed by atoms with van der Waals surface area (Å²) in [5, 5.41) is 13.4. The van der Waals surface area contributed by atoms with Crippen LogP contribution in [-0.2, 0) is 6.54 Å². The second-order valence-corrected chi connectivity index (χ2v) is 4.53. The first-order valence-corrected chi connectivity index (χ1v) is 5.58. The van der Waals surface area contributed by atoms with Gasteiger partial charge in [0.15, 0.2) is 5.75 Å². The van der Waals surface area contributed by atoms with E-state index in [0.29, 0.717) is 10.6 Å². The Morgan fingerprint density at radius 1 is 1.71 bits per heavy atom. The molecule has 1 aliphatic heterocycles. The van der Waals surface area contributed by atoms with Crippen molar-refractivity contribution in [3.8, 4) is 5.75 Å². The summed E-state index contributed by atoms with van der Waals surface area (Å²) in [5.74, 6) is 0.214. The minimum Gasteiger partial charge on any atom is -0.504 e. The highest BCUT2D eigenvalue weighted by Gasteiger charge is 2.22. The molecule has 1 fully saturated rings. The summed E-state index contributed by atoms with van der Waals surface area (Å²) < 4.78 is 2.49. The normalized spacial score (nSPS) is 23.1. The van der Waals surface area contributed by atoms with Gasteiger partial charge in [-0.15, -0.1) is 0 Å². The minimum atomic E-state index is 0.214. The topological polar surface area (TPSA) is 41.3 Å². The molecule has 78 valence electrons. The summed E-state index contributed by atoms with van der Waals surface area (Å²) in [6.45, 7) is 2.01. The Labute approximate surface area is 91.6 Å². The van der Waals surface area contributed by atoms with Crippen molar-refractivity contribution in [3.63, 3.8) is 0 Å². The van der Waals surface area contributed by atoms with Gasteiger partial charge in [0.25, 0.3) is 0 Å². The van der Waals surface area contributed by atoms with Gasteiger partial charge in [-0.25, -0.2) is 0 Å². The molecular formula is C9H14BrN3O. The lowest BCUT2D eigenvalue weighted by Crippen LogP contribution is -2.29. The number of likely N-dealkylation sites (N-methyl/N-ethyl adjacent to an activating group) is 1. The number of aromatic nitrogens is 2. The van der Waals surface area contributed by atoms with Crippen LogP contribution in [-0.4, -0.2) is 39.4 Å². The van der Waals surface area contributed by atoms with Gasteiger partial charge < -0.3 is 10.0 Å². The quantitative estimate of drug-likeness (QED) is 0.874. The van der Waals surface area contributed by atoms with Gasteiger partial charge in [0.1, 0.15) is 4.60 Å². The molecule has 1 aliphatic rings. The van der Waals surface area contributed by atoms with Crippen molar-refractivity contribution in [1.82, 2.24) is 14.7 Å². The summed E-state index contributed by atoms with van der Waals surface area (Å²) in [4.78, 5) is 2.34. The average Bonchev–Trinajstić information content (AvgIpc) is 2.68. The molecule has 0 bridgehead atoms. The summed E-state index contributed by atoms with van der Waals surface area (Å²) in [5.41, 5.74) is 0. The van der Waals surface area contributed by atoms with E-state index in [1.807, 2.05) is 4.68 Å². The molecule has 1 N–H and O–H groups in total. The molecule has 0 radical (unpaired) electrons. The Bertz CT molecular complexity index is 326. The summed E-state index contributed by atoms with van der Waals surface area (Å²) >= 11 is 3.31. The monoisotopic (exact) mass is 259 g/mol. The zero-order chi connectivity index (χ0) is 10.1. The summed E-state index contributed by atoms with van der Waals surface area (Å²) in [6, 6.07) is 0.547. The van der Waals surface area contributed by atoms with Crippen molar-refractivity contribution >= 4 is 15.9 Å². The highest BCUT2D eigenvalue weighted by molar-refractivity contribution is 9.10. The second kappa shape index (κ2) is 3.90. The number of rotatable bonds is 2. The van der Waals surface area contributed by atoms with Crippen LogP contribution >= 0.6 is 15.9 Å². The molecule has 0 saturated carbocycles. The second-order valence-electron chi connectivity index (χ2n) is 3.78. The zero-order valence-corrected chi connectivity index (χ0v) is 9.74. The van der Waals surface area contributed by atoms with Gasteiger partial charge in [-0.05, 0) is 42.4 Å². The van der Waals surface area contributed by atoms with Gasteiger partial charge in [0.05, 0.1) is 12.7 Å². The lowest BCUT2D eigenvalue weighted by molar-refractivity contribution is 0.272. The third kappa shape index (κ3) is 1.79. The molecule has 1 unspecified atom stereocenters. The van der Waals surface area contributed by atoms with E-state index in [4.69, 9.17) is 0 Å². The molecule has 5 heteroatoms. The molecular weight excluding hydrogens is 246 g/mol. The number of nitrogens with zero attached hydrogens (tertiary/aromatic N) is 3. The molecule has 1 saturated heterocycles. The SMILES string of the molecule is CN1CCCC1Cn1ncc(O)c1Br. The van der Waals surface area contributed by atoms with E-state index in [0.717, 1.165) is 13.1 Å². The lowest BCUT2D eigenvalue weighted by Gasteiger charge is -2.19. The first kappa shape index (κ1) is 9.98. The van der Waals surface area contributed by atoms with Crippen molar-refractivity contribution in [2.45, 2.75) is 25.4 Å². The minimum absolute atomic E-state index is 0.214. The number of hydrogen-bond acceptors (Lipinski definition) is 3. The third-order valence-electron chi connectivity index (χ3n) is 2.81. The van der Waals surface area contributed by atoms with Crippen LogP contribution in [0.15, 0.2) is 10.8 Å². The average molecular weight is 260 g/mol. The fourth-order valence-corrected chi connectivity index (χ4v) is 2.24. The van der Waals surface area contributed by atoms with Gasteiger partial charge in [-0.3, -0.25) is 4.68 Å². The Morgan fingerprint density at radius 2 is 2.50 bits per heavy atom. The van der Waals surface area contributed by atoms with E-state index >= 15 is 0 Å². The smallest absolute Gasteiger partial charge is 0.168 e. The molecule has 1 atom stereocenters. The van der Waals surface area contributed by atoms with Crippen molar-refractivity contribution in [3.05, 3.63) is 10.8 Å². The Morgan fingerprint density at radius 3 is 3.00 bits per heavy atom. The Balaban J connectivity index is 2.07. The van der Waals surface area contributed by atoms with E-state index in [2.05, 4.69) is 33.0 Å². The lowest BCUT2D eigenvalue weighted by atomic mass is 10.2. The van der Waals surface area contributed by atoms with E-state index < -0.39 is 0 Å². The van der Waals surface area contributed by atoms with Crippen molar-refractivity contribution < 1.29 is 5.11 Å². The van der Waals surface area contributed by atoms with Crippen LogP contribution in [0.2, 0.25) is 0 Å². The van der Waals surface area contributed by atoms with E-state index in [1.54, 1.807) is 0 Å². The standard InChI is InChI=1S/C9H14BrN3O/c1-12-4-2-3-7(12)6-13-9(10)8(14)5-11-13/h5,7,14H,2-4,6H2,1H3. The fourth-order valence-electron chi connectivity index (χ4n) is 1.90. The van der Waals surface area contributed by atoms with Crippen LogP contribution in [0.4, 0.5) is 0 Å². The summed E-state index contributed by atoms with van der Waals surface area (Å²) in [6.07, 6.45) is 3.94. The van der Waals surface area contributed by atoms with Crippen molar-refractivity contribution in [2.75, 3.05) is 13.6 Å². The first-order chi connectivity index (χ1) is 6.68. The van der Waals surface area contributed by atoms with Gasteiger partial charge in [-0.1, -0.05) is 0 Å². The van der Waals surface area contributed by atoms with Crippen molar-refractivity contribution in [2.24, 2.45) is 0 Å². The maximum atomic E-state index is 9.34. The predicted molar refractivity (Wildman–Crippen MR) is 57.2 cm³/mol. The molecule has 0 amide bonds. The number of likely N-dealkylation sites (tertiary alicyclic amines) is 1. The molecule has 14 heavy (non-hydrogen) atoms. The molecule has 2 rings (SSSR count). The van der Waals surface area contributed by atoms with E-state index in [-0.39, 0.29) is 5.75 Å². The maximum absolute atomic E-state index is 9.34. The van der Waals surface area contributed by atoms with Crippen LogP contribution < -0.4 is 0 Å². The number of hydrogen-bond donors (Lipinski definition) is 1. The molecule has 0 aromatic carbocycles. The van der Waals surface area contributed by atoms with Gasteiger partial charge in [-0.2, -0.15) is 5.10 Å². The summed E-state index contributed by atoms with van der Waals surface area (Å²) in [7, 11) is 2.13. The molecule has 0 spiro atoms. The Hall–Kier alpha value is -0.550. The van der Waals surface area contributed by atoms with Crippen molar-refractivity contribution in [1.29, 1.82) is 0 Å². The van der Waals surface area contributed by atoms with Gasteiger partial charge >= 0.3 is 0 Å². The Kier molecular flexibility index (Phi) is 2.78. The fraction of sp³-hybridized carbons (Fsp3) is 0.667. The van der Waals surface area contributed by atoms with E-state index in [1.165, 1.54) is 19.0 Å². The van der Waals surface area contributed by atoms with E-state index in [9.17, 15) is 5.11 Å². The van der Waals surface area contributed by atoms with Crippen LogP contribution in [0.5, 0.6) is 5.75 Å². The van der Waals surface area contributed by atoms with Gasteiger partial charge in [0, 0.05) is 6.04 Å². The number of halogens is 1. The molecule has 4 nitrogen and oxygen atoms in total. The van der Waals surface area contributed by atoms with Gasteiger partial charge in [0.2, 0.25) is 0 Å². The largest absolute Gasteiger partial charge is 0.504 e. The van der Waals surface area contributed by atoms with Crippen LogP contribution in [0.25, 0.3) is 0 Å². The highest BCUT2D eigenvalue weighted by atomic mass is 79.9. The van der Waals surface area contributed by atoms with Crippen LogP contribution in [0.1, 0.15) is 12.8 Å². The highest BCUT2D eigenvalue weighted by Crippen LogP contribution is 2.24. The molecule has 1 aromatic rings. The molecule has 1 aromatic heterocycles. The number of aromatic hydroxyl groups is 1.